The van der Waals surface area contributed by atoms with Crippen molar-refractivity contribution in [3.63, 3.8) is 0 Å². The lowest BCUT2D eigenvalue weighted by Crippen LogP contribution is -2.12. The van der Waals surface area contributed by atoms with Gasteiger partial charge in [-0.3, -0.25) is 0 Å². The summed E-state index contributed by atoms with van der Waals surface area (Å²) < 4.78 is 17.0. The van der Waals surface area contributed by atoms with E-state index in [0.717, 1.165) is 11.1 Å². The Hall–Kier alpha value is -4.48. The van der Waals surface area contributed by atoms with Crippen molar-refractivity contribution >= 4 is 34.5 Å². The highest BCUT2D eigenvalue weighted by Crippen LogP contribution is 2.41. The molecular formula is C30H26N2O5S. The Morgan fingerprint density at radius 3 is 2.50 bits per heavy atom. The maximum atomic E-state index is 12.7. The van der Waals surface area contributed by atoms with Gasteiger partial charge in [-0.2, -0.15) is 5.26 Å². The number of ether oxygens (including phenoxy) is 3. The van der Waals surface area contributed by atoms with Gasteiger partial charge in [0.2, 0.25) is 0 Å². The largest absolute Gasteiger partial charge is 0.506 e. The van der Waals surface area contributed by atoms with E-state index in [1.807, 2.05) is 61.5 Å². The first-order valence-electron chi connectivity index (χ1n) is 12.1. The van der Waals surface area contributed by atoms with Crippen LogP contribution in [0, 0.1) is 11.3 Å². The molecule has 0 spiro atoms. The molecule has 0 saturated carbocycles. The summed E-state index contributed by atoms with van der Waals surface area (Å²) in [5.41, 5.74) is 2.75. The molecule has 0 atom stereocenters. The summed E-state index contributed by atoms with van der Waals surface area (Å²) in [7, 11) is 0. The lowest BCUT2D eigenvalue weighted by molar-refractivity contribution is -0.138. The van der Waals surface area contributed by atoms with E-state index in [4.69, 9.17) is 14.2 Å². The molecule has 0 radical (unpaired) electrons. The fraction of sp³-hybridized carbons (Fsp3) is 0.167. The third-order valence-corrected chi connectivity index (χ3v) is 6.46. The van der Waals surface area contributed by atoms with Crippen LogP contribution >= 0.6 is 11.8 Å². The highest BCUT2D eigenvalue weighted by atomic mass is 32.2. The zero-order chi connectivity index (χ0) is 26.9. The molecule has 3 aromatic carbocycles. The minimum Gasteiger partial charge on any atom is -0.506 e. The van der Waals surface area contributed by atoms with Crippen LogP contribution in [0.25, 0.3) is 6.08 Å². The van der Waals surface area contributed by atoms with Crippen LogP contribution in [0.2, 0.25) is 0 Å². The molecule has 0 aromatic heterocycles. The van der Waals surface area contributed by atoms with Crippen molar-refractivity contribution in [2.24, 2.45) is 4.99 Å². The molecule has 0 amide bonds. The third-order valence-electron chi connectivity index (χ3n) is 5.44. The lowest BCUT2D eigenvalue weighted by atomic mass is 10.1. The van der Waals surface area contributed by atoms with Crippen LogP contribution in [0.15, 0.2) is 94.0 Å². The molecule has 0 unspecified atom stereocenters. The molecule has 3 aromatic rings. The number of carbonyl (C=O) groups excluding carboxylic acids is 1. The smallest absolute Gasteiger partial charge is 0.344 e. The number of nitrogens with zero attached hydrogens (tertiary/aromatic N) is 2. The summed E-state index contributed by atoms with van der Waals surface area (Å²) in [5.74, 6) is 0.229. The molecule has 8 heteroatoms. The lowest BCUT2D eigenvalue weighted by Gasteiger charge is -2.13. The molecule has 7 nitrogen and oxygen atoms in total. The van der Waals surface area contributed by atoms with Gasteiger partial charge in [0.05, 0.1) is 35.4 Å². The second-order valence-electron chi connectivity index (χ2n) is 8.00. The zero-order valence-corrected chi connectivity index (χ0v) is 21.8. The first-order valence-corrected chi connectivity index (χ1v) is 12.9. The summed E-state index contributed by atoms with van der Waals surface area (Å²) in [4.78, 5) is 17.7. The topological polar surface area (TPSA) is 101 Å². The van der Waals surface area contributed by atoms with Gasteiger partial charge >= 0.3 is 5.97 Å². The number of aliphatic imine (C=N–C) groups is 1. The van der Waals surface area contributed by atoms with Gasteiger partial charge in [0.25, 0.3) is 0 Å². The molecule has 1 aliphatic heterocycles. The van der Waals surface area contributed by atoms with Crippen molar-refractivity contribution in [1.82, 2.24) is 0 Å². The Bertz CT molecular complexity index is 1450. The van der Waals surface area contributed by atoms with Crippen LogP contribution in [0.5, 0.6) is 11.5 Å². The van der Waals surface area contributed by atoms with E-state index in [1.165, 1.54) is 11.8 Å². The second kappa shape index (κ2) is 12.7. The quantitative estimate of drug-likeness (QED) is 0.309. The number of hydrogen-bond acceptors (Lipinski definition) is 8. The average molecular weight is 527 g/mol. The number of hydrogen-bond donors (Lipinski definition) is 1. The Morgan fingerprint density at radius 2 is 1.76 bits per heavy atom. The van der Waals surface area contributed by atoms with Crippen molar-refractivity contribution in [2.45, 2.75) is 20.5 Å². The van der Waals surface area contributed by atoms with E-state index >= 15 is 0 Å². The number of nitriles is 1. The van der Waals surface area contributed by atoms with E-state index in [1.54, 1.807) is 31.2 Å². The Labute approximate surface area is 225 Å². The number of thioether (sulfide) groups is 1. The van der Waals surface area contributed by atoms with Crippen LogP contribution in [0.3, 0.4) is 0 Å². The fourth-order valence-corrected chi connectivity index (χ4v) is 4.71. The number of para-hydroxylation sites is 1. The minimum absolute atomic E-state index is 0.0353. The molecule has 0 saturated heterocycles. The van der Waals surface area contributed by atoms with Crippen molar-refractivity contribution < 1.29 is 24.1 Å². The first-order chi connectivity index (χ1) is 18.5. The molecule has 0 bridgehead atoms. The van der Waals surface area contributed by atoms with Crippen LogP contribution in [-0.4, -0.2) is 29.3 Å². The molecule has 0 aliphatic carbocycles. The number of aliphatic hydroxyl groups is 1. The molecule has 4 rings (SSSR count). The van der Waals surface area contributed by atoms with Gasteiger partial charge in [-0.15, -0.1) is 0 Å². The highest BCUT2D eigenvalue weighted by molar-refractivity contribution is 8.18. The van der Waals surface area contributed by atoms with E-state index in [-0.39, 0.29) is 24.5 Å². The summed E-state index contributed by atoms with van der Waals surface area (Å²) in [5, 5.41) is 20.7. The van der Waals surface area contributed by atoms with Crippen molar-refractivity contribution in [1.29, 1.82) is 5.26 Å². The Morgan fingerprint density at radius 1 is 1.00 bits per heavy atom. The van der Waals surface area contributed by atoms with E-state index < -0.39 is 5.97 Å². The van der Waals surface area contributed by atoms with Crippen molar-refractivity contribution in [3.05, 3.63) is 106 Å². The molecule has 0 fully saturated rings. The predicted molar refractivity (Wildman–Crippen MR) is 148 cm³/mol. The molecule has 192 valence electrons. The van der Waals surface area contributed by atoms with Crippen LogP contribution in [0.1, 0.15) is 30.5 Å². The molecule has 1 heterocycles. The normalized spacial score (nSPS) is 15.0. The number of aliphatic hydroxyl groups excluding tert-OH is 1. The molecular weight excluding hydrogens is 500 g/mol. The van der Waals surface area contributed by atoms with Crippen molar-refractivity contribution in [3.8, 4) is 17.6 Å². The summed E-state index contributed by atoms with van der Waals surface area (Å²) in [6, 6.07) is 24.0. The SMILES string of the molecule is CCOC(=O)C1=C(O)/C(=C/c2ccc(OCc3ccccc3C#N)c(OCC)c2)SC1=Nc1ccccc1. The average Bonchev–Trinajstić information content (AvgIpc) is 3.23. The van der Waals surface area contributed by atoms with Gasteiger partial charge in [0, 0.05) is 5.56 Å². The monoisotopic (exact) mass is 526 g/mol. The number of rotatable bonds is 9. The van der Waals surface area contributed by atoms with Gasteiger partial charge in [0.15, 0.2) is 11.5 Å². The maximum absolute atomic E-state index is 12.7. The minimum atomic E-state index is -0.632. The van der Waals surface area contributed by atoms with Gasteiger partial charge in [-0.05, 0) is 55.8 Å². The summed E-state index contributed by atoms with van der Waals surface area (Å²) in [6.07, 6.45) is 1.75. The summed E-state index contributed by atoms with van der Waals surface area (Å²) in [6.45, 7) is 4.40. The Kier molecular flexibility index (Phi) is 8.85. The maximum Gasteiger partial charge on any atom is 0.344 e. The second-order valence-corrected chi connectivity index (χ2v) is 9.03. The van der Waals surface area contributed by atoms with Crippen LogP contribution in [-0.2, 0) is 16.1 Å². The van der Waals surface area contributed by atoms with Gasteiger partial charge in [-0.25, -0.2) is 9.79 Å². The molecule has 38 heavy (non-hydrogen) atoms. The fourth-order valence-electron chi connectivity index (χ4n) is 3.68. The zero-order valence-electron chi connectivity index (χ0n) is 21.0. The van der Waals surface area contributed by atoms with Crippen LogP contribution in [0.4, 0.5) is 5.69 Å². The third kappa shape index (κ3) is 6.25. The molecule has 1 N–H and O–H groups in total. The van der Waals surface area contributed by atoms with Gasteiger partial charge in [0.1, 0.15) is 23.0 Å². The Balaban J connectivity index is 1.64. The first kappa shape index (κ1) is 26.6. The van der Waals surface area contributed by atoms with Gasteiger partial charge in [-0.1, -0.05) is 54.2 Å². The van der Waals surface area contributed by atoms with E-state index in [2.05, 4.69) is 11.1 Å². The highest BCUT2D eigenvalue weighted by Gasteiger charge is 2.33. The van der Waals surface area contributed by atoms with Crippen LogP contribution < -0.4 is 9.47 Å². The predicted octanol–water partition coefficient (Wildman–Crippen LogP) is 6.73. The van der Waals surface area contributed by atoms with Gasteiger partial charge < -0.3 is 19.3 Å². The van der Waals surface area contributed by atoms with Crippen molar-refractivity contribution in [2.75, 3.05) is 13.2 Å². The standard InChI is InChI=1S/C30H26N2O5S/c1-3-35-25-16-20(14-15-24(25)37-19-22-11-9-8-10-21(22)18-31)17-26-28(33)27(30(34)36-4-2)29(38-26)32-23-12-6-5-7-13-23/h5-17,33H,3-4,19H2,1-2H3/b26-17-,32-29?. The number of carbonyl (C=O) groups is 1. The summed E-state index contributed by atoms with van der Waals surface area (Å²) >= 11 is 1.19. The number of esters is 1. The molecule has 1 aliphatic rings. The van der Waals surface area contributed by atoms with E-state index in [9.17, 15) is 15.2 Å². The number of benzene rings is 3. The van der Waals surface area contributed by atoms with E-state index in [0.29, 0.717) is 39.3 Å².